The lowest BCUT2D eigenvalue weighted by molar-refractivity contribution is -0.129. The second-order valence-electron chi connectivity index (χ2n) is 5.09. The van der Waals surface area contributed by atoms with E-state index in [2.05, 4.69) is 6.92 Å². The standard InChI is InChI=1S/C15H19NO3/c1-2-11-6-7-16(10-11)14(17)9-12-4-3-5-13(8-12)15(18)19/h3-5,8,11H,2,6-7,9-10H2,1H3,(H,18,19)/t11-/m0/s1. The SMILES string of the molecule is CC[C@H]1CCN(C(=O)Cc2cccc(C(=O)O)c2)C1. The average molecular weight is 261 g/mol. The van der Waals surface area contributed by atoms with Crippen LogP contribution in [0.3, 0.4) is 0 Å². The van der Waals surface area contributed by atoms with Crippen LogP contribution >= 0.6 is 0 Å². The third-order valence-corrected chi connectivity index (χ3v) is 3.75. The lowest BCUT2D eigenvalue weighted by atomic mass is 10.1. The fourth-order valence-electron chi connectivity index (χ4n) is 2.49. The summed E-state index contributed by atoms with van der Waals surface area (Å²) in [7, 11) is 0. The molecule has 4 nitrogen and oxygen atoms in total. The molecule has 0 aromatic heterocycles. The van der Waals surface area contributed by atoms with Crippen molar-refractivity contribution in [3.8, 4) is 0 Å². The van der Waals surface area contributed by atoms with Gasteiger partial charge in [0.1, 0.15) is 0 Å². The van der Waals surface area contributed by atoms with Crippen LogP contribution in [-0.2, 0) is 11.2 Å². The molecule has 0 spiro atoms. The Kier molecular flexibility index (Phi) is 4.20. The van der Waals surface area contributed by atoms with Gasteiger partial charge in [-0.2, -0.15) is 0 Å². The summed E-state index contributed by atoms with van der Waals surface area (Å²) in [6.45, 7) is 3.82. The number of aromatic carboxylic acids is 1. The predicted octanol–water partition coefficient (Wildman–Crippen LogP) is 2.19. The molecule has 1 N–H and O–H groups in total. The van der Waals surface area contributed by atoms with E-state index < -0.39 is 5.97 Å². The molecule has 1 aromatic rings. The zero-order chi connectivity index (χ0) is 13.8. The number of benzene rings is 1. The van der Waals surface area contributed by atoms with E-state index in [9.17, 15) is 9.59 Å². The maximum absolute atomic E-state index is 12.1. The third kappa shape index (κ3) is 3.34. The predicted molar refractivity (Wildman–Crippen MR) is 72.1 cm³/mol. The molecule has 1 amide bonds. The van der Waals surface area contributed by atoms with Crippen LogP contribution in [-0.4, -0.2) is 35.0 Å². The van der Waals surface area contributed by atoms with E-state index in [-0.39, 0.29) is 17.9 Å². The lowest BCUT2D eigenvalue weighted by Crippen LogP contribution is -2.30. The second-order valence-corrected chi connectivity index (χ2v) is 5.09. The summed E-state index contributed by atoms with van der Waals surface area (Å²) >= 11 is 0. The average Bonchev–Trinajstić information content (AvgIpc) is 2.88. The van der Waals surface area contributed by atoms with Crippen molar-refractivity contribution in [1.29, 1.82) is 0 Å². The van der Waals surface area contributed by atoms with Gasteiger partial charge in [0, 0.05) is 13.1 Å². The molecule has 1 aliphatic rings. The van der Waals surface area contributed by atoms with Gasteiger partial charge in [-0.05, 0) is 30.0 Å². The normalized spacial score (nSPS) is 18.6. The van der Waals surface area contributed by atoms with Crippen LogP contribution in [0.2, 0.25) is 0 Å². The molecule has 1 fully saturated rings. The van der Waals surface area contributed by atoms with Gasteiger partial charge in [0.2, 0.25) is 5.91 Å². The van der Waals surface area contributed by atoms with Crippen molar-refractivity contribution in [3.05, 3.63) is 35.4 Å². The molecule has 4 heteroatoms. The number of carboxylic acids is 1. The highest BCUT2D eigenvalue weighted by molar-refractivity contribution is 5.88. The highest BCUT2D eigenvalue weighted by atomic mass is 16.4. The maximum atomic E-state index is 12.1. The first-order valence-corrected chi connectivity index (χ1v) is 6.70. The molecule has 0 unspecified atom stereocenters. The molecule has 0 aliphatic carbocycles. The molecule has 102 valence electrons. The molecular formula is C15H19NO3. The molecule has 2 rings (SSSR count). The van der Waals surface area contributed by atoms with Gasteiger partial charge in [0.25, 0.3) is 0 Å². The minimum Gasteiger partial charge on any atom is -0.478 e. The zero-order valence-corrected chi connectivity index (χ0v) is 11.1. The van der Waals surface area contributed by atoms with Crippen LogP contribution in [0.5, 0.6) is 0 Å². The Morgan fingerprint density at radius 2 is 2.21 bits per heavy atom. The topological polar surface area (TPSA) is 57.6 Å². The summed E-state index contributed by atoms with van der Waals surface area (Å²) in [5, 5.41) is 8.93. The van der Waals surface area contributed by atoms with E-state index in [0.717, 1.165) is 31.5 Å². The monoisotopic (exact) mass is 261 g/mol. The number of hydrogen-bond acceptors (Lipinski definition) is 2. The van der Waals surface area contributed by atoms with Crippen LogP contribution < -0.4 is 0 Å². The molecular weight excluding hydrogens is 242 g/mol. The highest BCUT2D eigenvalue weighted by Gasteiger charge is 2.24. The number of nitrogens with zero attached hydrogens (tertiary/aromatic N) is 1. The number of hydrogen-bond donors (Lipinski definition) is 1. The van der Waals surface area contributed by atoms with E-state index in [1.807, 2.05) is 4.90 Å². The first kappa shape index (κ1) is 13.6. The smallest absolute Gasteiger partial charge is 0.335 e. The Hall–Kier alpha value is -1.84. The van der Waals surface area contributed by atoms with E-state index in [1.54, 1.807) is 24.3 Å². The number of carbonyl (C=O) groups excluding carboxylic acids is 1. The quantitative estimate of drug-likeness (QED) is 0.903. The van der Waals surface area contributed by atoms with Crippen molar-refractivity contribution in [2.75, 3.05) is 13.1 Å². The van der Waals surface area contributed by atoms with Crippen LogP contribution in [0.15, 0.2) is 24.3 Å². The van der Waals surface area contributed by atoms with Gasteiger partial charge in [0.05, 0.1) is 12.0 Å². The zero-order valence-electron chi connectivity index (χ0n) is 11.1. The van der Waals surface area contributed by atoms with Crippen molar-refractivity contribution in [3.63, 3.8) is 0 Å². The van der Waals surface area contributed by atoms with Gasteiger partial charge in [0.15, 0.2) is 0 Å². The summed E-state index contributed by atoms with van der Waals surface area (Å²) in [5.74, 6) is -0.241. The minimum absolute atomic E-state index is 0.0958. The molecule has 1 heterocycles. The Balaban J connectivity index is 1.99. The number of rotatable bonds is 4. The molecule has 1 saturated heterocycles. The van der Waals surface area contributed by atoms with Gasteiger partial charge in [-0.15, -0.1) is 0 Å². The van der Waals surface area contributed by atoms with Crippen molar-refractivity contribution in [2.24, 2.45) is 5.92 Å². The number of carboxylic acid groups (broad SMARTS) is 1. The summed E-state index contributed by atoms with van der Waals surface area (Å²) in [5.41, 5.74) is 1.00. The van der Waals surface area contributed by atoms with Crippen LogP contribution in [0, 0.1) is 5.92 Å². The van der Waals surface area contributed by atoms with Gasteiger partial charge >= 0.3 is 5.97 Å². The highest BCUT2D eigenvalue weighted by Crippen LogP contribution is 2.20. The molecule has 0 saturated carbocycles. The Morgan fingerprint density at radius 3 is 2.84 bits per heavy atom. The Labute approximate surface area is 113 Å². The van der Waals surface area contributed by atoms with Crippen molar-refractivity contribution in [2.45, 2.75) is 26.2 Å². The molecule has 1 aromatic carbocycles. The van der Waals surface area contributed by atoms with E-state index in [4.69, 9.17) is 5.11 Å². The van der Waals surface area contributed by atoms with Crippen LogP contribution in [0.1, 0.15) is 35.7 Å². The van der Waals surface area contributed by atoms with Crippen molar-refractivity contribution >= 4 is 11.9 Å². The summed E-state index contributed by atoms with van der Waals surface area (Å²) in [6, 6.07) is 6.61. The number of likely N-dealkylation sites (tertiary alicyclic amines) is 1. The number of carbonyl (C=O) groups is 2. The molecule has 1 aliphatic heterocycles. The Morgan fingerprint density at radius 1 is 1.42 bits per heavy atom. The largest absolute Gasteiger partial charge is 0.478 e. The van der Waals surface area contributed by atoms with E-state index in [1.165, 1.54) is 0 Å². The van der Waals surface area contributed by atoms with Crippen molar-refractivity contribution < 1.29 is 14.7 Å². The van der Waals surface area contributed by atoms with Crippen LogP contribution in [0.4, 0.5) is 0 Å². The number of amides is 1. The van der Waals surface area contributed by atoms with Gasteiger partial charge < -0.3 is 10.0 Å². The van der Waals surface area contributed by atoms with Gasteiger partial charge in [-0.3, -0.25) is 4.79 Å². The van der Waals surface area contributed by atoms with Gasteiger partial charge in [-0.1, -0.05) is 25.5 Å². The molecule has 0 bridgehead atoms. The molecule has 0 radical (unpaired) electrons. The third-order valence-electron chi connectivity index (χ3n) is 3.75. The molecule has 19 heavy (non-hydrogen) atoms. The fraction of sp³-hybridized carbons (Fsp3) is 0.467. The van der Waals surface area contributed by atoms with E-state index in [0.29, 0.717) is 5.92 Å². The van der Waals surface area contributed by atoms with Gasteiger partial charge in [-0.25, -0.2) is 4.79 Å². The second kappa shape index (κ2) is 5.87. The lowest BCUT2D eigenvalue weighted by Gasteiger charge is -2.16. The maximum Gasteiger partial charge on any atom is 0.335 e. The fourth-order valence-corrected chi connectivity index (χ4v) is 2.49. The molecule has 1 atom stereocenters. The first-order chi connectivity index (χ1) is 9.10. The summed E-state index contributed by atoms with van der Waals surface area (Å²) in [4.78, 5) is 24.9. The van der Waals surface area contributed by atoms with Crippen LogP contribution in [0.25, 0.3) is 0 Å². The first-order valence-electron chi connectivity index (χ1n) is 6.70. The van der Waals surface area contributed by atoms with Crippen molar-refractivity contribution in [1.82, 2.24) is 4.90 Å². The summed E-state index contributed by atoms with van der Waals surface area (Å²) in [6.07, 6.45) is 2.48. The summed E-state index contributed by atoms with van der Waals surface area (Å²) < 4.78 is 0. The van der Waals surface area contributed by atoms with E-state index >= 15 is 0 Å². The Bertz CT molecular complexity index is 484. The minimum atomic E-state index is -0.957.